The van der Waals surface area contributed by atoms with Gasteiger partial charge in [0.25, 0.3) is 10.1 Å². The van der Waals surface area contributed by atoms with Gasteiger partial charge in [0.15, 0.2) is 0 Å². The predicted molar refractivity (Wildman–Crippen MR) is 104 cm³/mol. The molecule has 0 spiro atoms. The summed E-state index contributed by atoms with van der Waals surface area (Å²) in [6.07, 6.45) is 3.78. The van der Waals surface area contributed by atoms with E-state index in [1.54, 1.807) is 6.33 Å². The van der Waals surface area contributed by atoms with Crippen LogP contribution in [0.15, 0.2) is 48.8 Å². The Hall–Kier alpha value is -2.18. The molecule has 6 heteroatoms. The van der Waals surface area contributed by atoms with Crippen LogP contribution in [0.3, 0.4) is 0 Å². The van der Waals surface area contributed by atoms with E-state index in [1.165, 1.54) is 11.1 Å². The van der Waals surface area contributed by atoms with Crippen LogP contribution >= 0.6 is 0 Å². The molecule has 0 aliphatic carbocycles. The average molecular weight is 372 g/mol. The molecule has 0 saturated heterocycles. The molecule has 26 heavy (non-hydrogen) atoms. The predicted octanol–water partition coefficient (Wildman–Crippen LogP) is 3.67. The van der Waals surface area contributed by atoms with Crippen molar-refractivity contribution < 1.29 is 12.6 Å². The van der Waals surface area contributed by atoms with E-state index in [2.05, 4.69) is 55.2 Å². The molecular weight excluding hydrogens is 348 g/mol. The Morgan fingerprint density at radius 1 is 1.19 bits per heavy atom. The highest BCUT2D eigenvalue weighted by Gasteiger charge is 2.13. The average Bonchev–Trinajstić information content (AvgIpc) is 2.98. The van der Waals surface area contributed by atoms with Gasteiger partial charge in [0.1, 0.15) is 0 Å². The molecule has 138 valence electrons. The van der Waals surface area contributed by atoms with Crippen molar-refractivity contribution in [2.24, 2.45) is 0 Å². The largest absolute Gasteiger partial charge is 0.328 e. The first kappa shape index (κ1) is 18.6. The first-order chi connectivity index (χ1) is 12.3. The van der Waals surface area contributed by atoms with E-state index < -0.39 is 10.1 Å². The van der Waals surface area contributed by atoms with Crippen LogP contribution in [0, 0.1) is 6.92 Å². The number of nitrogens with zero attached hydrogens (tertiary/aromatic N) is 2. The van der Waals surface area contributed by atoms with Gasteiger partial charge in [-0.15, -0.1) is 0 Å². The lowest BCUT2D eigenvalue weighted by Gasteiger charge is -2.14. The van der Waals surface area contributed by atoms with Crippen LogP contribution in [0.5, 0.6) is 0 Å². The van der Waals surface area contributed by atoms with Gasteiger partial charge in [0, 0.05) is 6.54 Å². The summed E-state index contributed by atoms with van der Waals surface area (Å²) in [7, 11) is -3.43. The first-order valence-corrected chi connectivity index (χ1v) is 10.5. The molecule has 0 N–H and O–H groups in total. The first-order valence-electron chi connectivity index (χ1n) is 8.67. The Morgan fingerprint density at radius 3 is 2.62 bits per heavy atom. The number of rotatable bonds is 7. The highest BCUT2D eigenvalue weighted by molar-refractivity contribution is 7.85. The Bertz CT molecular complexity index is 995. The summed E-state index contributed by atoms with van der Waals surface area (Å²) in [6, 6.07) is 14.8. The lowest BCUT2D eigenvalue weighted by molar-refractivity contribution is 0.305. The van der Waals surface area contributed by atoms with Gasteiger partial charge < -0.3 is 4.57 Å². The van der Waals surface area contributed by atoms with Gasteiger partial charge in [0.2, 0.25) is 0 Å². The molecule has 0 amide bonds. The van der Waals surface area contributed by atoms with E-state index in [9.17, 15) is 8.42 Å². The number of imidazole rings is 1. The summed E-state index contributed by atoms with van der Waals surface area (Å²) in [6.45, 7) is 4.83. The summed E-state index contributed by atoms with van der Waals surface area (Å²) < 4.78 is 29.1. The molecule has 3 aromatic rings. The fourth-order valence-electron chi connectivity index (χ4n) is 3.20. The molecule has 0 saturated carbocycles. The van der Waals surface area contributed by atoms with Crippen LogP contribution in [0.25, 0.3) is 11.0 Å². The van der Waals surface area contributed by atoms with Gasteiger partial charge in [-0.2, -0.15) is 8.42 Å². The molecule has 0 radical (unpaired) electrons. The van der Waals surface area contributed by atoms with Gasteiger partial charge in [0.05, 0.1) is 30.2 Å². The van der Waals surface area contributed by atoms with Crippen molar-refractivity contribution in [3.63, 3.8) is 0 Å². The lowest BCUT2D eigenvalue weighted by atomic mass is 9.92. The number of hydrogen-bond donors (Lipinski definition) is 0. The molecule has 0 bridgehead atoms. The van der Waals surface area contributed by atoms with Crippen LogP contribution < -0.4 is 0 Å². The monoisotopic (exact) mass is 372 g/mol. The minimum atomic E-state index is -3.43. The maximum Gasteiger partial charge on any atom is 0.264 e. The van der Waals surface area contributed by atoms with Gasteiger partial charge in [-0.25, -0.2) is 4.98 Å². The molecule has 1 atom stereocenters. The molecular formula is C20H24N2O3S. The number of aromatic nitrogens is 2. The van der Waals surface area contributed by atoms with Gasteiger partial charge in [-0.3, -0.25) is 4.18 Å². The molecule has 0 fully saturated rings. The molecule has 3 rings (SSSR count). The second kappa shape index (κ2) is 7.60. The SMILES string of the molecule is Cc1cc(C(C)Cc2ccccc2)cc2c1ncn2CCOS(C)(=O)=O. The molecule has 1 aromatic heterocycles. The van der Waals surface area contributed by atoms with E-state index in [-0.39, 0.29) is 6.61 Å². The van der Waals surface area contributed by atoms with Crippen molar-refractivity contribution in [1.29, 1.82) is 0 Å². The van der Waals surface area contributed by atoms with E-state index in [0.717, 1.165) is 29.3 Å². The third kappa shape index (κ3) is 4.51. The number of aryl methyl sites for hydroxylation is 1. The highest BCUT2D eigenvalue weighted by atomic mass is 32.2. The second-order valence-electron chi connectivity index (χ2n) is 6.76. The van der Waals surface area contributed by atoms with Crippen LogP contribution in [0.2, 0.25) is 0 Å². The Morgan fingerprint density at radius 2 is 1.92 bits per heavy atom. The summed E-state index contributed by atoms with van der Waals surface area (Å²) >= 11 is 0. The van der Waals surface area contributed by atoms with E-state index in [4.69, 9.17) is 4.18 Å². The van der Waals surface area contributed by atoms with Crippen LogP contribution in [-0.2, 0) is 27.3 Å². The molecule has 1 heterocycles. The topological polar surface area (TPSA) is 61.2 Å². The molecule has 2 aromatic carbocycles. The quantitative estimate of drug-likeness (QED) is 0.594. The smallest absolute Gasteiger partial charge is 0.264 e. The summed E-state index contributed by atoms with van der Waals surface area (Å²) in [5.41, 5.74) is 5.65. The zero-order chi connectivity index (χ0) is 18.7. The number of hydrogen-bond acceptors (Lipinski definition) is 4. The number of benzene rings is 2. The molecule has 5 nitrogen and oxygen atoms in total. The fourth-order valence-corrected chi connectivity index (χ4v) is 3.58. The van der Waals surface area contributed by atoms with Crippen LogP contribution in [-0.4, -0.2) is 30.8 Å². The summed E-state index contributed by atoms with van der Waals surface area (Å²) in [4.78, 5) is 4.48. The minimum absolute atomic E-state index is 0.104. The third-order valence-corrected chi connectivity index (χ3v) is 5.12. The van der Waals surface area contributed by atoms with Crippen LogP contribution in [0.4, 0.5) is 0 Å². The third-order valence-electron chi connectivity index (χ3n) is 4.52. The molecule has 0 aliphatic rings. The zero-order valence-corrected chi connectivity index (χ0v) is 16.2. The van der Waals surface area contributed by atoms with Crippen molar-refractivity contribution in [3.05, 3.63) is 65.5 Å². The van der Waals surface area contributed by atoms with Crippen molar-refractivity contribution in [2.45, 2.75) is 32.7 Å². The summed E-state index contributed by atoms with van der Waals surface area (Å²) in [5, 5.41) is 0. The Kier molecular flexibility index (Phi) is 5.44. The van der Waals surface area contributed by atoms with Crippen molar-refractivity contribution in [1.82, 2.24) is 9.55 Å². The molecule has 1 unspecified atom stereocenters. The van der Waals surface area contributed by atoms with Crippen LogP contribution in [0.1, 0.15) is 29.5 Å². The Balaban J connectivity index is 1.84. The normalized spacial score (nSPS) is 13.2. The summed E-state index contributed by atoms with van der Waals surface area (Å²) in [5.74, 6) is 0.371. The Labute approximate surface area is 154 Å². The fraction of sp³-hybridized carbons (Fsp3) is 0.350. The maximum absolute atomic E-state index is 11.1. The van der Waals surface area contributed by atoms with Crippen molar-refractivity contribution >= 4 is 21.2 Å². The second-order valence-corrected chi connectivity index (χ2v) is 8.40. The van der Waals surface area contributed by atoms with Crippen molar-refractivity contribution in [2.75, 3.05) is 12.9 Å². The highest BCUT2D eigenvalue weighted by Crippen LogP contribution is 2.27. The zero-order valence-electron chi connectivity index (χ0n) is 15.3. The maximum atomic E-state index is 11.1. The van der Waals surface area contributed by atoms with E-state index >= 15 is 0 Å². The number of fused-ring (bicyclic) bond motifs is 1. The van der Waals surface area contributed by atoms with E-state index in [1.807, 2.05) is 10.6 Å². The van der Waals surface area contributed by atoms with Gasteiger partial charge >= 0.3 is 0 Å². The van der Waals surface area contributed by atoms with Gasteiger partial charge in [-0.1, -0.05) is 43.3 Å². The van der Waals surface area contributed by atoms with E-state index in [0.29, 0.717) is 12.5 Å². The minimum Gasteiger partial charge on any atom is -0.328 e. The van der Waals surface area contributed by atoms with Crippen molar-refractivity contribution in [3.8, 4) is 0 Å². The standard InChI is InChI=1S/C20H24N2O3S/c1-15(11-17-7-5-4-6-8-17)18-12-16(2)20-19(13-18)22(14-21-20)9-10-25-26(3,23)24/h4-8,12-15H,9-11H2,1-3H3. The lowest BCUT2D eigenvalue weighted by Crippen LogP contribution is -2.10. The molecule has 0 aliphatic heterocycles. The van der Waals surface area contributed by atoms with Gasteiger partial charge in [-0.05, 0) is 42.0 Å².